The van der Waals surface area contributed by atoms with Gasteiger partial charge in [0.25, 0.3) is 0 Å². The molecule has 0 aliphatic heterocycles. The predicted molar refractivity (Wildman–Crippen MR) is 80.8 cm³/mol. The van der Waals surface area contributed by atoms with Crippen molar-refractivity contribution in [3.8, 4) is 0 Å². The van der Waals surface area contributed by atoms with Crippen molar-refractivity contribution in [1.82, 2.24) is 5.32 Å². The van der Waals surface area contributed by atoms with Crippen molar-refractivity contribution in [2.75, 3.05) is 0 Å². The molecule has 1 amide bonds. The molecule has 1 fully saturated rings. The molecular formula is C17H23NO3. The Morgan fingerprint density at radius 1 is 1.14 bits per heavy atom. The minimum Gasteiger partial charge on any atom is -0.481 e. The van der Waals surface area contributed by atoms with Crippen LogP contribution in [0.15, 0.2) is 24.3 Å². The van der Waals surface area contributed by atoms with Gasteiger partial charge in [-0.1, -0.05) is 42.7 Å². The molecule has 4 nitrogen and oxygen atoms in total. The van der Waals surface area contributed by atoms with E-state index in [-0.39, 0.29) is 11.9 Å². The summed E-state index contributed by atoms with van der Waals surface area (Å²) in [5, 5.41) is 12.2. The second-order valence-corrected chi connectivity index (χ2v) is 5.98. The average molecular weight is 289 g/mol. The van der Waals surface area contributed by atoms with Crippen molar-refractivity contribution in [1.29, 1.82) is 0 Å². The third-order valence-corrected chi connectivity index (χ3v) is 4.36. The second-order valence-electron chi connectivity index (χ2n) is 5.98. The third kappa shape index (κ3) is 3.84. The maximum atomic E-state index is 12.4. The van der Waals surface area contributed by atoms with Gasteiger partial charge in [-0.15, -0.1) is 0 Å². The molecule has 1 aliphatic rings. The van der Waals surface area contributed by atoms with Crippen LogP contribution in [0.1, 0.15) is 49.8 Å². The van der Waals surface area contributed by atoms with Gasteiger partial charge in [0.15, 0.2) is 0 Å². The summed E-state index contributed by atoms with van der Waals surface area (Å²) < 4.78 is 0. The highest BCUT2D eigenvalue weighted by molar-refractivity contribution is 5.85. The van der Waals surface area contributed by atoms with Gasteiger partial charge in [-0.2, -0.15) is 0 Å². The minimum absolute atomic E-state index is 0.102. The maximum Gasteiger partial charge on any atom is 0.307 e. The van der Waals surface area contributed by atoms with Crippen LogP contribution >= 0.6 is 0 Å². The largest absolute Gasteiger partial charge is 0.481 e. The number of benzene rings is 1. The number of aliphatic carboxylic acids is 1. The van der Waals surface area contributed by atoms with Crippen LogP contribution in [0.5, 0.6) is 0 Å². The molecule has 0 saturated heterocycles. The topological polar surface area (TPSA) is 66.4 Å². The van der Waals surface area contributed by atoms with Crippen LogP contribution in [0.25, 0.3) is 0 Å². The van der Waals surface area contributed by atoms with Crippen molar-refractivity contribution in [3.63, 3.8) is 0 Å². The SMILES string of the molecule is Cc1ccc([C@H](C)NC(=O)C2CCCCC2C(=O)O)cc1. The second kappa shape index (κ2) is 6.74. The van der Waals surface area contributed by atoms with E-state index in [4.69, 9.17) is 0 Å². The van der Waals surface area contributed by atoms with Gasteiger partial charge in [0.2, 0.25) is 5.91 Å². The molecule has 1 aliphatic carbocycles. The molecule has 21 heavy (non-hydrogen) atoms. The summed E-state index contributed by atoms with van der Waals surface area (Å²) in [4.78, 5) is 23.7. The number of hydrogen-bond donors (Lipinski definition) is 2. The normalized spacial score (nSPS) is 23.3. The van der Waals surface area contributed by atoms with Crippen molar-refractivity contribution >= 4 is 11.9 Å². The van der Waals surface area contributed by atoms with E-state index < -0.39 is 17.8 Å². The maximum absolute atomic E-state index is 12.4. The molecule has 0 aromatic heterocycles. The first-order valence-electron chi connectivity index (χ1n) is 7.59. The molecule has 2 N–H and O–H groups in total. The molecule has 0 spiro atoms. The van der Waals surface area contributed by atoms with E-state index in [9.17, 15) is 14.7 Å². The van der Waals surface area contributed by atoms with E-state index in [1.807, 2.05) is 38.1 Å². The summed E-state index contributed by atoms with van der Waals surface area (Å²) in [5.74, 6) is -1.92. The van der Waals surface area contributed by atoms with Gasteiger partial charge in [-0.25, -0.2) is 0 Å². The van der Waals surface area contributed by atoms with Crippen LogP contribution in [-0.4, -0.2) is 17.0 Å². The Kier molecular flexibility index (Phi) is 4.99. The van der Waals surface area contributed by atoms with Gasteiger partial charge >= 0.3 is 5.97 Å². The first-order valence-corrected chi connectivity index (χ1v) is 7.59. The number of carbonyl (C=O) groups excluding carboxylic acids is 1. The van der Waals surface area contributed by atoms with E-state index in [0.29, 0.717) is 12.8 Å². The van der Waals surface area contributed by atoms with Gasteiger partial charge in [0, 0.05) is 0 Å². The first kappa shape index (κ1) is 15.5. The van der Waals surface area contributed by atoms with E-state index >= 15 is 0 Å². The molecule has 1 aromatic carbocycles. The number of carboxylic acid groups (broad SMARTS) is 1. The zero-order chi connectivity index (χ0) is 15.4. The lowest BCUT2D eigenvalue weighted by molar-refractivity contribution is -0.149. The van der Waals surface area contributed by atoms with Crippen LogP contribution in [0.4, 0.5) is 0 Å². The van der Waals surface area contributed by atoms with Crippen LogP contribution < -0.4 is 5.32 Å². The zero-order valence-corrected chi connectivity index (χ0v) is 12.6. The lowest BCUT2D eigenvalue weighted by Gasteiger charge is -2.28. The molecule has 4 heteroatoms. The Balaban J connectivity index is 2.02. The van der Waals surface area contributed by atoms with Gasteiger partial charge in [0.05, 0.1) is 17.9 Å². The molecule has 114 valence electrons. The van der Waals surface area contributed by atoms with Crippen molar-refractivity contribution in [2.45, 2.75) is 45.6 Å². The van der Waals surface area contributed by atoms with Crippen molar-refractivity contribution < 1.29 is 14.7 Å². The molecule has 1 saturated carbocycles. The van der Waals surface area contributed by atoms with E-state index in [1.165, 1.54) is 5.56 Å². The Bertz CT molecular complexity index is 509. The molecular weight excluding hydrogens is 266 g/mol. The number of aryl methyl sites for hydroxylation is 1. The van der Waals surface area contributed by atoms with Crippen LogP contribution in [0.2, 0.25) is 0 Å². The standard InChI is InChI=1S/C17H23NO3/c1-11-7-9-13(10-8-11)12(2)18-16(19)14-5-3-4-6-15(14)17(20)21/h7-10,12,14-15H,3-6H2,1-2H3,(H,18,19)(H,20,21)/t12-,14?,15?/m0/s1. The average Bonchev–Trinajstić information content (AvgIpc) is 2.47. The minimum atomic E-state index is -0.849. The van der Waals surface area contributed by atoms with Gasteiger partial charge in [0.1, 0.15) is 0 Å². The molecule has 3 atom stereocenters. The lowest BCUT2D eigenvalue weighted by Crippen LogP contribution is -2.40. The van der Waals surface area contributed by atoms with Crippen LogP contribution in [-0.2, 0) is 9.59 Å². The highest BCUT2D eigenvalue weighted by Gasteiger charge is 2.36. The number of rotatable bonds is 4. The Morgan fingerprint density at radius 2 is 1.71 bits per heavy atom. The summed E-state index contributed by atoms with van der Waals surface area (Å²) in [5.41, 5.74) is 2.21. The summed E-state index contributed by atoms with van der Waals surface area (Å²) in [6, 6.07) is 7.91. The highest BCUT2D eigenvalue weighted by Crippen LogP contribution is 2.31. The van der Waals surface area contributed by atoms with E-state index in [0.717, 1.165) is 18.4 Å². The predicted octanol–water partition coefficient (Wildman–Crippen LogP) is 3.06. The zero-order valence-electron chi connectivity index (χ0n) is 12.6. The molecule has 0 radical (unpaired) electrons. The summed E-state index contributed by atoms with van der Waals surface area (Å²) in [6.45, 7) is 3.95. The van der Waals surface area contributed by atoms with Crippen LogP contribution in [0.3, 0.4) is 0 Å². The fourth-order valence-corrected chi connectivity index (χ4v) is 3.00. The number of hydrogen-bond acceptors (Lipinski definition) is 2. The lowest BCUT2D eigenvalue weighted by atomic mass is 9.78. The Hall–Kier alpha value is -1.84. The quantitative estimate of drug-likeness (QED) is 0.895. The monoisotopic (exact) mass is 289 g/mol. The van der Waals surface area contributed by atoms with Gasteiger partial charge in [-0.05, 0) is 32.3 Å². The van der Waals surface area contributed by atoms with Crippen molar-refractivity contribution in [2.24, 2.45) is 11.8 Å². The summed E-state index contributed by atoms with van der Waals surface area (Å²) >= 11 is 0. The van der Waals surface area contributed by atoms with Crippen molar-refractivity contribution in [3.05, 3.63) is 35.4 Å². The van der Waals surface area contributed by atoms with Gasteiger partial charge < -0.3 is 10.4 Å². The Morgan fingerprint density at radius 3 is 2.29 bits per heavy atom. The van der Waals surface area contributed by atoms with Gasteiger partial charge in [-0.3, -0.25) is 9.59 Å². The smallest absolute Gasteiger partial charge is 0.307 e. The number of carboxylic acids is 1. The molecule has 0 heterocycles. The highest BCUT2D eigenvalue weighted by atomic mass is 16.4. The number of amides is 1. The molecule has 2 rings (SSSR count). The fourth-order valence-electron chi connectivity index (χ4n) is 3.00. The first-order chi connectivity index (χ1) is 9.99. The van der Waals surface area contributed by atoms with E-state index in [1.54, 1.807) is 0 Å². The fraction of sp³-hybridized carbons (Fsp3) is 0.529. The van der Waals surface area contributed by atoms with Crippen LogP contribution in [0, 0.1) is 18.8 Å². The summed E-state index contributed by atoms with van der Waals surface area (Å²) in [6.07, 6.45) is 3.10. The number of carbonyl (C=O) groups is 2. The Labute approximate surface area is 125 Å². The number of nitrogens with one attached hydrogen (secondary N) is 1. The third-order valence-electron chi connectivity index (χ3n) is 4.36. The summed E-state index contributed by atoms with van der Waals surface area (Å²) in [7, 11) is 0. The molecule has 0 bridgehead atoms. The van der Waals surface area contributed by atoms with E-state index in [2.05, 4.69) is 5.32 Å². The molecule has 1 aromatic rings. The molecule has 2 unspecified atom stereocenters.